The summed E-state index contributed by atoms with van der Waals surface area (Å²) >= 11 is 0. The minimum absolute atomic E-state index is 0.0774. The van der Waals surface area contributed by atoms with Gasteiger partial charge in [0.25, 0.3) is 5.91 Å². The van der Waals surface area contributed by atoms with Crippen molar-refractivity contribution in [3.63, 3.8) is 0 Å². The summed E-state index contributed by atoms with van der Waals surface area (Å²) in [5.41, 5.74) is 1.40. The molecule has 0 bridgehead atoms. The zero-order valence-electron chi connectivity index (χ0n) is 14.1. The van der Waals surface area contributed by atoms with Gasteiger partial charge in [-0.1, -0.05) is 0 Å². The Bertz CT molecular complexity index is 685. The summed E-state index contributed by atoms with van der Waals surface area (Å²) in [7, 11) is 3.16. The number of hydrogen-bond donors (Lipinski definition) is 0. The molecule has 0 spiro atoms. The second-order valence-electron chi connectivity index (χ2n) is 5.63. The van der Waals surface area contributed by atoms with Crippen LogP contribution in [0.4, 0.5) is 0 Å². The second kappa shape index (κ2) is 6.97. The first-order chi connectivity index (χ1) is 11.6. The molecule has 2 heterocycles. The molecule has 6 nitrogen and oxygen atoms in total. The summed E-state index contributed by atoms with van der Waals surface area (Å²) in [6.07, 6.45) is 1.36. The van der Waals surface area contributed by atoms with Crippen LogP contribution in [0, 0.1) is 6.92 Å². The summed E-state index contributed by atoms with van der Waals surface area (Å²) in [5, 5.41) is 0. The van der Waals surface area contributed by atoms with Crippen LogP contribution in [0.2, 0.25) is 0 Å². The number of morpholine rings is 1. The lowest BCUT2D eigenvalue weighted by Crippen LogP contribution is -2.42. The summed E-state index contributed by atoms with van der Waals surface area (Å²) in [6, 6.07) is 7.17. The lowest BCUT2D eigenvalue weighted by atomic mass is 10.1. The Morgan fingerprint density at radius 2 is 1.96 bits per heavy atom. The van der Waals surface area contributed by atoms with Gasteiger partial charge >= 0.3 is 0 Å². The zero-order valence-corrected chi connectivity index (χ0v) is 14.1. The first-order valence-corrected chi connectivity index (χ1v) is 7.81. The van der Waals surface area contributed by atoms with E-state index in [4.69, 9.17) is 18.6 Å². The number of hydrogen-bond acceptors (Lipinski definition) is 5. The Labute approximate surface area is 140 Å². The van der Waals surface area contributed by atoms with Gasteiger partial charge in [-0.3, -0.25) is 4.79 Å². The van der Waals surface area contributed by atoms with E-state index in [0.29, 0.717) is 36.8 Å². The maximum atomic E-state index is 12.9. The quantitative estimate of drug-likeness (QED) is 0.862. The molecule has 0 N–H and O–H groups in total. The van der Waals surface area contributed by atoms with E-state index < -0.39 is 0 Å². The highest BCUT2D eigenvalue weighted by Gasteiger charge is 2.28. The van der Waals surface area contributed by atoms with E-state index in [2.05, 4.69) is 0 Å². The average molecular weight is 331 g/mol. The number of benzene rings is 1. The highest BCUT2D eigenvalue weighted by molar-refractivity contribution is 5.95. The molecule has 24 heavy (non-hydrogen) atoms. The molecule has 1 aliphatic rings. The number of nitrogens with zero attached hydrogens (tertiary/aromatic N) is 1. The molecule has 0 saturated carbocycles. The normalized spacial score (nSPS) is 17.6. The van der Waals surface area contributed by atoms with E-state index in [0.717, 1.165) is 11.3 Å². The van der Waals surface area contributed by atoms with Crippen LogP contribution in [0.3, 0.4) is 0 Å². The van der Waals surface area contributed by atoms with Crippen LogP contribution < -0.4 is 9.47 Å². The molecular weight excluding hydrogens is 310 g/mol. The predicted molar refractivity (Wildman–Crippen MR) is 87.6 cm³/mol. The summed E-state index contributed by atoms with van der Waals surface area (Å²) < 4.78 is 21.8. The Hall–Kier alpha value is -2.47. The van der Waals surface area contributed by atoms with E-state index in [1.54, 1.807) is 37.5 Å². The van der Waals surface area contributed by atoms with Gasteiger partial charge < -0.3 is 23.5 Å². The van der Waals surface area contributed by atoms with E-state index in [1.807, 2.05) is 19.1 Å². The van der Waals surface area contributed by atoms with Gasteiger partial charge in [-0.25, -0.2) is 0 Å². The summed E-state index contributed by atoms with van der Waals surface area (Å²) in [4.78, 5) is 14.7. The van der Waals surface area contributed by atoms with Crippen molar-refractivity contribution >= 4 is 5.91 Å². The monoisotopic (exact) mass is 331 g/mol. The topological polar surface area (TPSA) is 61.1 Å². The molecule has 1 fully saturated rings. The minimum atomic E-state index is -0.244. The van der Waals surface area contributed by atoms with E-state index in [-0.39, 0.29) is 12.0 Å². The first-order valence-electron chi connectivity index (χ1n) is 7.81. The highest BCUT2D eigenvalue weighted by atomic mass is 16.5. The fourth-order valence-electron chi connectivity index (χ4n) is 2.87. The Balaban J connectivity index is 1.83. The maximum absolute atomic E-state index is 12.9. The number of carbonyl (C=O) groups excluding carboxylic acids is 1. The van der Waals surface area contributed by atoms with Crippen molar-refractivity contribution in [1.29, 1.82) is 0 Å². The molecule has 0 radical (unpaired) electrons. The third kappa shape index (κ3) is 3.10. The second-order valence-corrected chi connectivity index (χ2v) is 5.63. The van der Waals surface area contributed by atoms with Gasteiger partial charge in [0.05, 0.1) is 33.6 Å². The maximum Gasteiger partial charge on any atom is 0.254 e. The van der Waals surface area contributed by atoms with Crippen molar-refractivity contribution in [2.75, 3.05) is 33.9 Å². The number of methoxy groups -OCH3 is 2. The van der Waals surface area contributed by atoms with Gasteiger partial charge in [-0.2, -0.15) is 0 Å². The Morgan fingerprint density at radius 1 is 1.25 bits per heavy atom. The number of amides is 1. The highest BCUT2D eigenvalue weighted by Crippen LogP contribution is 2.31. The minimum Gasteiger partial charge on any atom is -0.496 e. The van der Waals surface area contributed by atoms with Crippen molar-refractivity contribution in [1.82, 2.24) is 4.90 Å². The van der Waals surface area contributed by atoms with Gasteiger partial charge in [-0.15, -0.1) is 0 Å². The zero-order chi connectivity index (χ0) is 17.1. The van der Waals surface area contributed by atoms with Crippen LogP contribution in [0.5, 0.6) is 11.5 Å². The van der Waals surface area contributed by atoms with Gasteiger partial charge in [0.1, 0.15) is 23.4 Å². The molecule has 6 heteroatoms. The number of ether oxygens (including phenoxy) is 3. The van der Waals surface area contributed by atoms with Crippen molar-refractivity contribution in [2.24, 2.45) is 0 Å². The van der Waals surface area contributed by atoms with Crippen molar-refractivity contribution in [3.8, 4) is 11.5 Å². The van der Waals surface area contributed by atoms with Crippen LogP contribution in [-0.2, 0) is 4.74 Å². The van der Waals surface area contributed by atoms with E-state index in [9.17, 15) is 4.79 Å². The summed E-state index contributed by atoms with van der Waals surface area (Å²) in [5.74, 6) is 1.92. The van der Waals surface area contributed by atoms with Gasteiger partial charge in [0.15, 0.2) is 0 Å². The van der Waals surface area contributed by atoms with Crippen LogP contribution in [0.1, 0.15) is 27.8 Å². The predicted octanol–water partition coefficient (Wildman–Crippen LogP) is 2.82. The van der Waals surface area contributed by atoms with Crippen LogP contribution >= 0.6 is 0 Å². The Kier molecular flexibility index (Phi) is 4.76. The van der Waals surface area contributed by atoms with Crippen LogP contribution in [0.25, 0.3) is 0 Å². The van der Waals surface area contributed by atoms with E-state index in [1.165, 1.54) is 0 Å². The van der Waals surface area contributed by atoms with Gasteiger partial charge in [-0.05, 0) is 31.2 Å². The average Bonchev–Trinajstić information content (AvgIpc) is 3.16. The lowest BCUT2D eigenvalue weighted by Gasteiger charge is -2.32. The smallest absolute Gasteiger partial charge is 0.254 e. The SMILES string of the molecule is COc1cc(C(=O)N2CCO[C@H](c3ccco3)C2)cc(OC)c1C. The molecule has 1 aliphatic heterocycles. The van der Waals surface area contributed by atoms with Crippen LogP contribution in [0.15, 0.2) is 34.9 Å². The van der Waals surface area contributed by atoms with Crippen LogP contribution in [-0.4, -0.2) is 44.7 Å². The van der Waals surface area contributed by atoms with Crippen molar-refractivity contribution in [3.05, 3.63) is 47.4 Å². The third-order valence-corrected chi connectivity index (χ3v) is 4.21. The molecule has 0 aliphatic carbocycles. The number of rotatable bonds is 4. The van der Waals surface area contributed by atoms with Crippen molar-refractivity contribution < 1.29 is 23.4 Å². The fourth-order valence-corrected chi connectivity index (χ4v) is 2.87. The van der Waals surface area contributed by atoms with Gasteiger partial charge in [0, 0.05) is 17.7 Å². The largest absolute Gasteiger partial charge is 0.496 e. The van der Waals surface area contributed by atoms with Crippen molar-refractivity contribution in [2.45, 2.75) is 13.0 Å². The lowest BCUT2D eigenvalue weighted by molar-refractivity contribution is -0.0321. The molecule has 1 aromatic carbocycles. The molecular formula is C18H21NO5. The Morgan fingerprint density at radius 3 is 2.54 bits per heavy atom. The standard InChI is InChI=1S/C18H21NO5/c1-12-15(21-2)9-13(10-16(12)22-3)18(20)19-6-8-24-17(11-19)14-5-4-7-23-14/h4-5,7,9-10,17H,6,8,11H2,1-3H3/t17-/m0/s1. The molecule has 1 saturated heterocycles. The molecule has 1 amide bonds. The van der Waals surface area contributed by atoms with E-state index >= 15 is 0 Å². The first kappa shape index (κ1) is 16.4. The number of carbonyl (C=O) groups is 1. The third-order valence-electron chi connectivity index (χ3n) is 4.21. The molecule has 1 atom stereocenters. The molecule has 0 unspecified atom stereocenters. The summed E-state index contributed by atoms with van der Waals surface area (Å²) in [6.45, 7) is 3.35. The molecule has 1 aromatic heterocycles. The van der Waals surface area contributed by atoms with Gasteiger partial charge in [0.2, 0.25) is 0 Å². The molecule has 3 rings (SSSR count). The molecule has 2 aromatic rings. The fraction of sp³-hybridized carbons (Fsp3) is 0.389. The molecule has 128 valence electrons. The number of furan rings is 1.